The summed E-state index contributed by atoms with van der Waals surface area (Å²) in [7, 11) is 0. The van der Waals surface area contributed by atoms with Gasteiger partial charge in [0.15, 0.2) is 0 Å². The number of amides is 2. The zero-order valence-corrected chi connectivity index (χ0v) is 20.5. The molecule has 0 spiro atoms. The van der Waals surface area contributed by atoms with Crippen LogP contribution < -0.4 is 10.6 Å². The third-order valence-electron chi connectivity index (χ3n) is 6.74. The second kappa shape index (κ2) is 10.7. The van der Waals surface area contributed by atoms with E-state index in [4.69, 9.17) is 0 Å². The predicted molar refractivity (Wildman–Crippen MR) is 144 cm³/mol. The van der Waals surface area contributed by atoms with Gasteiger partial charge in [0.25, 0.3) is 11.8 Å². The van der Waals surface area contributed by atoms with E-state index in [1.807, 2.05) is 47.4 Å². The first-order valence-corrected chi connectivity index (χ1v) is 12.4. The Balaban J connectivity index is 1.32. The van der Waals surface area contributed by atoms with Crippen molar-refractivity contribution in [2.24, 2.45) is 0 Å². The van der Waals surface area contributed by atoms with Crippen LogP contribution in [0.5, 0.6) is 0 Å². The number of carbonyl (C=O) groups excluding carboxylic acids is 2. The Morgan fingerprint density at radius 2 is 1.57 bits per heavy atom. The van der Waals surface area contributed by atoms with Crippen LogP contribution in [0.25, 0.3) is 0 Å². The lowest BCUT2D eigenvalue weighted by molar-refractivity contribution is 0.0659. The molecule has 0 aromatic heterocycles. The second-order valence-electron chi connectivity index (χ2n) is 9.23. The molecule has 37 heavy (non-hydrogen) atoms. The number of anilines is 2. The Bertz CT molecular complexity index is 1410. The Morgan fingerprint density at radius 3 is 2.32 bits per heavy atom. The molecule has 0 saturated carbocycles. The Morgan fingerprint density at radius 1 is 0.892 bits per heavy atom. The summed E-state index contributed by atoms with van der Waals surface area (Å²) in [5, 5.41) is 6.10. The average molecular weight is 494 g/mol. The number of halogens is 1. The molecule has 0 aliphatic carbocycles. The first-order valence-electron chi connectivity index (χ1n) is 12.4. The van der Waals surface area contributed by atoms with E-state index in [0.717, 1.165) is 24.1 Å². The van der Waals surface area contributed by atoms with E-state index in [1.54, 1.807) is 36.4 Å². The quantitative estimate of drug-likeness (QED) is 0.288. The van der Waals surface area contributed by atoms with Crippen molar-refractivity contribution < 1.29 is 14.0 Å². The maximum absolute atomic E-state index is 13.9. The standard InChI is InChI=1S/C31H28FN3O2/c1-21(15-16-22-9-3-2-4-10-22)35-29(25-11-5-6-12-26(25)31(35)37)33-24-19-17-23(18-20-24)30(36)34-28-14-8-7-13-27(28)32/h2-14,17-21,29,33H,15-16H2,1H3,(H,34,36). The van der Waals surface area contributed by atoms with Crippen LogP contribution in [0.3, 0.4) is 0 Å². The molecular formula is C31H28FN3O2. The van der Waals surface area contributed by atoms with Crippen LogP contribution in [0.15, 0.2) is 103 Å². The van der Waals surface area contributed by atoms with E-state index in [1.165, 1.54) is 17.7 Å². The van der Waals surface area contributed by atoms with Gasteiger partial charge in [0.05, 0.1) is 5.69 Å². The molecule has 1 heterocycles. The van der Waals surface area contributed by atoms with Crippen LogP contribution in [-0.4, -0.2) is 22.8 Å². The van der Waals surface area contributed by atoms with E-state index in [0.29, 0.717) is 11.1 Å². The number of benzene rings is 4. The summed E-state index contributed by atoms with van der Waals surface area (Å²) >= 11 is 0. The highest BCUT2D eigenvalue weighted by molar-refractivity contribution is 6.04. The third kappa shape index (κ3) is 5.23. The van der Waals surface area contributed by atoms with Crippen LogP contribution in [0, 0.1) is 5.82 Å². The van der Waals surface area contributed by atoms with Crippen molar-refractivity contribution in [3.05, 3.63) is 131 Å². The fraction of sp³-hybridized carbons (Fsp3) is 0.161. The molecule has 0 radical (unpaired) electrons. The highest BCUT2D eigenvalue weighted by atomic mass is 19.1. The van der Waals surface area contributed by atoms with E-state index in [-0.39, 0.29) is 23.8 Å². The molecule has 0 bridgehead atoms. The zero-order chi connectivity index (χ0) is 25.8. The van der Waals surface area contributed by atoms with Crippen molar-refractivity contribution >= 4 is 23.2 Å². The Hall–Kier alpha value is -4.45. The molecule has 2 amide bonds. The minimum atomic E-state index is -0.486. The topological polar surface area (TPSA) is 61.4 Å². The van der Waals surface area contributed by atoms with E-state index < -0.39 is 11.7 Å². The number of nitrogens with zero attached hydrogens (tertiary/aromatic N) is 1. The molecule has 5 nitrogen and oxygen atoms in total. The van der Waals surface area contributed by atoms with Gasteiger partial charge in [-0.05, 0) is 67.8 Å². The molecule has 4 aromatic rings. The summed E-state index contributed by atoms with van der Waals surface area (Å²) in [5.41, 5.74) is 4.19. The van der Waals surface area contributed by atoms with Crippen LogP contribution in [0.2, 0.25) is 0 Å². The molecule has 0 fully saturated rings. The summed E-state index contributed by atoms with van der Waals surface area (Å²) in [6.07, 6.45) is 1.38. The molecule has 2 unspecified atom stereocenters. The number of carbonyl (C=O) groups is 2. The van der Waals surface area contributed by atoms with E-state index >= 15 is 0 Å². The molecule has 2 N–H and O–H groups in total. The van der Waals surface area contributed by atoms with Gasteiger partial charge in [0.2, 0.25) is 0 Å². The molecular weight excluding hydrogens is 465 g/mol. The number of hydrogen-bond donors (Lipinski definition) is 2. The highest BCUT2D eigenvalue weighted by Gasteiger charge is 2.39. The molecule has 4 aromatic carbocycles. The fourth-order valence-electron chi connectivity index (χ4n) is 4.73. The molecule has 2 atom stereocenters. The Labute approximate surface area is 215 Å². The lowest BCUT2D eigenvalue weighted by Gasteiger charge is -2.32. The zero-order valence-electron chi connectivity index (χ0n) is 20.5. The number of aryl methyl sites for hydroxylation is 1. The van der Waals surface area contributed by atoms with Crippen molar-refractivity contribution in [2.75, 3.05) is 10.6 Å². The van der Waals surface area contributed by atoms with Crippen molar-refractivity contribution in [3.63, 3.8) is 0 Å². The predicted octanol–water partition coefficient (Wildman–Crippen LogP) is 6.67. The van der Waals surface area contributed by atoms with E-state index in [2.05, 4.69) is 29.7 Å². The van der Waals surface area contributed by atoms with Gasteiger partial charge in [-0.1, -0.05) is 60.7 Å². The first-order chi connectivity index (χ1) is 18.0. The molecule has 0 saturated heterocycles. The summed E-state index contributed by atoms with van der Waals surface area (Å²) in [4.78, 5) is 27.9. The van der Waals surface area contributed by atoms with Gasteiger partial charge < -0.3 is 15.5 Å². The third-order valence-corrected chi connectivity index (χ3v) is 6.74. The average Bonchev–Trinajstić information content (AvgIpc) is 3.21. The number of fused-ring (bicyclic) bond motifs is 1. The molecule has 1 aliphatic rings. The second-order valence-corrected chi connectivity index (χ2v) is 9.23. The minimum absolute atomic E-state index is 0.00317. The lowest BCUT2D eigenvalue weighted by atomic mass is 10.0. The summed E-state index contributed by atoms with van der Waals surface area (Å²) in [6, 6.07) is 31.0. The summed E-state index contributed by atoms with van der Waals surface area (Å²) < 4.78 is 13.9. The largest absolute Gasteiger partial charge is 0.361 e. The SMILES string of the molecule is CC(CCc1ccccc1)N1C(=O)c2ccccc2C1Nc1ccc(C(=O)Nc2ccccc2F)cc1. The van der Waals surface area contributed by atoms with Crippen LogP contribution in [0.4, 0.5) is 15.8 Å². The van der Waals surface area contributed by atoms with Crippen LogP contribution in [0.1, 0.15) is 51.4 Å². The summed E-state index contributed by atoms with van der Waals surface area (Å²) in [5.74, 6) is -0.871. The maximum Gasteiger partial charge on any atom is 0.256 e. The molecule has 186 valence electrons. The van der Waals surface area contributed by atoms with Gasteiger partial charge in [0.1, 0.15) is 12.0 Å². The van der Waals surface area contributed by atoms with Crippen LogP contribution in [-0.2, 0) is 6.42 Å². The van der Waals surface area contributed by atoms with E-state index in [9.17, 15) is 14.0 Å². The molecule has 6 heteroatoms. The van der Waals surface area contributed by atoms with Gasteiger partial charge >= 0.3 is 0 Å². The smallest absolute Gasteiger partial charge is 0.256 e. The molecule has 1 aliphatic heterocycles. The Kier molecular flexibility index (Phi) is 6.99. The number of nitrogens with one attached hydrogen (secondary N) is 2. The van der Waals surface area contributed by atoms with Gasteiger partial charge in [-0.2, -0.15) is 0 Å². The lowest BCUT2D eigenvalue weighted by Crippen LogP contribution is -2.39. The van der Waals surface area contributed by atoms with Gasteiger partial charge in [0, 0.05) is 28.4 Å². The van der Waals surface area contributed by atoms with Gasteiger partial charge in [-0.15, -0.1) is 0 Å². The number of rotatable bonds is 8. The maximum atomic E-state index is 13.9. The molecule has 5 rings (SSSR count). The van der Waals surface area contributed by atoms with Crippen molar-refractivity contribution in [3.8, 4) is 0 Å². The van der Waals surface area contributed by atoms with Crippen molar-refractivity contribution in [2.45, 2.75) is 32.0 Å². The summed E-state index contributed by atoms with van der Waals surface area (Å²) in [6.45, 7) is 2.08. The fourth-order valence-corrected chi connectivity index (χ4v) is 4.73. The number of para-hydroxylation sites is 1. The minimum Gasteiger partial charge on any atom is -0.361 e. The van der Waals surface area contributed by atoms with Crippen molar-refractivity contribution in [1.82, 2.24) is 4.90 Å². The van der Waals surface area contributed by atoms with Crippen molar-refractivity contribution in [1.29, 1.82) is 0 Å². The number of hydrogen-bond acceptors (Lipinski definition) is 3. The normalized spacial score (nSPS) is 15.2. The highest BCUT2D eigenvalue weighted by Crippen LogP contribution is 2.36. The van der Waals surface area contributed by atoms with Gasteiger partial charge in [-0.25, -0.2) is 4.39 Å². The van der Waals surface area contributed by atoms with Crippen LogP contribution >= 0.6 is 0 Å². The first kappa shape index (κ1) is 24.3. The van der Waals surface area contributed by atoms with Gasteiger partial charge in [-0.3, -0.25) is 9.59 Å². The monoisotopic (exact) mass is 493 g/mol.